The van der Waals surface area contributed by atoms with E-state index in [1.54, 1.807) is 30.5 Å². The number of amides is 1. The highest BCUT2D eigenvalue weighted by Crippen LogP contribution is 2.25. The summed E-state index contributed by atoms with van der Waals surface area (Å²) in [5.41, 5.74) is 1.56. The summed E-state index contributed by atoms with van der Waals surface area (Å²) in [5.74, 6) is -0.0720. The molecule has 0 aliphatic heterocycles. The lowest BCUT2D eigenvalue weighted by Gasteiger charge is -2.11. The molecule has 0 aliphatic rings. The van der Waals surface area contributed by atoms with Crippen LogP contribution in [0.1, 0.15) is 16.7 Å². The topological polar surface area (TPSA) is 96.5 Å². The zero-order valence-electron chi connectivity index (χ0n) is 15.7. The Kier molecular flexibility index (Phi) is 5.23. The van der Waals surface area contributed by atoms with Gasteiger partial charge in [-0.3, -0.25) is 14.0 Å². The molecule has 0 fully saturated rings. The van der Waals surface area contributed by atoms with E-state index in [1.807, 2.05) is 32.0 Å². The average molecular weight is 374 g/mol. The number of fused-ring (bicyclic) bond motifs is 1. The fourth-order valence-corrected chi connectivity index (χ4v) is 2.71. The Hall–Kier alpha value is -3.92. The van der Waals surface area contributed by atoms with Crippen molar-refractivity contribution in [2.75, 3.05) is 7.05 Å². The lowest BCUT2D eigenvalue weighted by atomic mass is 10.1. The summed E-state index contributed by atoms with van der Waals surface area (Å²) in [7, 11) is 1.41. The van der Waals surface area contributed by atoms with Crippen LogP contribution in [0.4, 0.5) is 0 Å². The molecule has 0 unspecified atom stereocenters. The zero-order valence-corrected chi connectivity index (χ0v) is 15.7. The quantitative estimate of drug-likeness (QED) is 0.559. The first kappa shape index (κ1) is 18.9. The third kappa shape index (κ3) is 3.62. The van der Waals surface area contributed by atoms with E-state index in [-0.39, 0.29) is 17.0 Å². The molecule has 2 aromatic heterocycles. The van der Waals surface area contributed by atoms with Gasteiger partial charge in [-0.15, -0.1) is 0 Å². The molecule has 0 bridgehead atoms. The highest BCUT2D eigenvalue weighted by Gasteiger charge is 2.17. The second-order valence-electron chi connectivity index (χ2n) is 6.19. The van der Waals surface area contributed by atoms with Gasteiger partial charge in [0.25, 0.3) is 11.5 Å². The Morgan fingerprint density at radius 3 is 2.75 bits per heavy atom. The van der Waals surface area contributed by atoms with Crippen LogP contribution in [0.15, 0.2) is 53.0 Å². The Labute approximate surface area is 161 Å². The van der Waals surface area contributed by atoms with Crippen molar-refractivity contribution in [3.8, 4) is 17.7 Å². The van der Waals surface area contributed by atoms with Gasteiger partial charge in [0.15, 0.2) is 0 Å². The standard InChI is InChI=1S/C21H18N4O3/c1-13-6-4-8-16(10-13)28-20-17(11-15(12-22)19(26)23-3)21(27)25-9-5-7-14(2)18(25)24-20/h4-11H,1-3H3,(H,23,26)/b15-11+. The molecule has 0 atom stereocenters. The average Bonchev–Trinajstić information content (AvgIpc) is 2.68. The molecule has 3 aromatic rings. The van der Waals surface area contributed by atoms with Gasteiger partial charge in [-0.1, -0.05) is 18.2 Å². The number of aryl methyl sites for hydroxylation is 2. The van der Waals surface area contributed by atoms with E-state index in [0.29, 0.717) is 11.4 Å². The van der Waals surface area contributed by atoms with Gasteiger partial charge in [0.2, 0.25) is 5.88 Å². The van der Waals surface area contributed by atoms with Crippen molar-refractivity contribution in [3.63, 3.8) is 0 Å². The second kappa shape index (κ2) is 7.76. The normalized spacial score (nSPS) is 11.1. The number of aromatic nitrogens is 2. The van der Waals surface area contributed by atoms with Crippen LogP contribution < -0.4 is 15.6 Å². The first-order valence-corrected chi connectivity index (χ1v) is 8.55. The van der Waals surface area contributed by atoms with E-state index in [0.717, 1.165) is 11.1 Å². The maximum Gasteiger partial charge on any atom is 0.269 e. The van der Waals surface area contributed by atoms with Crippen molar-refractivity contribution in [1.29, 1.82) is 5.26 Å². The van der Waals surface area contributed by atoms with Gasteiger partial charge in [0.1, 0.15) is 28.6 Å². The SMILES string of the molecule is CNC(=O)/C(C#N)=C/c1c(Oc2cccc(C)c2)nc2c(C)cccn2c1=O. The minimum absolute atomic E-state index is 0.0183. The predicted molar refractivity (Wildman–Crippen MR) is 105 cm³/mol. The number of carbonyl (C=O) groups excluding carboxylic acids is 1. The summed E-state index contributed by atoms with van der Waals surface area (Å²) in [6.07, 6.45) is 2.78. The third-order valence-electron chi connectivity index (χ3n) is 4.13. The zero-order chi connectivity index (χ0) is 20.3. The van der Waals surface area contributed by atoms with Crippen molar-refractivity contribution in [2.45, 2.75) is 13.8 Å². The number of pyridine rings is 1. The number of hydrogen-bond donors (Lipinski definition) is 1. The number of nitrogens with one attached hydrogen (secondary N) is 1. The van der Waals surface area contributed by atoms with E-state index in [1.165, 1.54) is 17.5 Å². The summed E-state index contributed by atoms with van der Waals surface area (Å²) in [6.45, 7) is 3.75. The van der Waals surface area contributed by atoms with Crippen LogP contribution >= 0.6 is 0 Å². The number of benzene rings is 1. The molecule has 0 spiro atoms. The second-order valence-corrected chi connectivity index (χ2v) is 6.19. The molecule has 0 saturated carbocycles. The molecule has 28 heavy (non-hydrogen) atoms. The monoisotopic (exact) mass is 374 g/mol. The van der Waals surface area contributed by atoms with Crippen LogP contribution in [0, 0.1) is 25.2 Å². The predicted octanol–water partition coefficient (Wildman–Crippen LogP) is 2.76. The maximum atomic E-state index is 13.1. The fourth-order valence-electron chi connectivity index (χ4n) is 2.71. The summed E-state index contributed by atoms with van der Waals surface area (Å²) in [4.78, 5) is 29.5. The lowest BCUT2D eigenvalue weighted by molar-refractivity contribution is -0.116. The maximum absolute atomic E-state index is 13.1. The van der Waals surface area contributed by atoms with E-state index in [2.05, 4.69) is 10.3 Å². The number of rotatable bonds is 4. The summed E-state index contributed by atoms with van der Waals surface area (Å²) in [6, 6.07) is 12.7. The van der Waals surface area contributed by atoms with Crippen molar-refractivity contribution in [3.05, 3.63) is 75.2 Å². The molecule has 1 aromatic carbocycles. The van der Waals surface area contributed by atoms with E-state index in [9.17, 15) is 14.9 Å². The molecule has 7 nitrogen and oxygen atoms in total. The number of hydrogen-bond acceptors (Lipinski definition) is 5. The van der Waals surface area contributed by atoms with Crippen molar-refractivity contribution in [1.82, 2.24) is 14.7 Å². The molecule has 1 amide bonds. The van der Waals surface area contributed by atoms with Crippen molar-refractivity contribution < 1.29 is 9.53 Å². The van der Waals surface area contributed by atoms with E-state index >= 15 is 0 Å². The molecule has 3 rings (SSSR count). The highest BCUT2D eigenvalue weighted by molar-refractivity contribution is 6.01. The Morgan fingerprint density at radius 2 is 2.07 bits per heavy atom. The molecular weight excluding hydrogens is 356 g/mol. The van der Waals surface area contributed by atoms with Gasteiger partial charge in [-0.05, 0) is 49.2 Å². The number of carbonyl (C=O) groups is 1. The van der Waals surface area contributed by atoms with Gasteiger partial charge in [-0.2, -0.15) is 10.2 Å². The smallest absolute Gasteiger partial charge is 0.269 e. The first-order chi connectivity index (χ1) is 13.4. The molecule has 0 saturated heterocycles. The lowest BCUT2D eigenvalue weighted by Crippen LogP contribution is -2.22. The largest absolute Gasteiger partial charge is 0.438 e. The fraction of sp³-hybridized carbons (Fsp3) is 0.143. The number of nitrogens with zero attached hydrogens (tertiary/aromatic N) is 3. The van der Waals surface area contributed by atoms with Crippen molar-refractivity contribution >= 4 is 17.6 Å². The molecule has 2 heterocycles. The Balaban J connectivity index is 2.29. The first-order valence-electron chi connectivity index (χ1n) is 8.55. The number of likely N-dealkylation sites (N-methyl/N-ethyl adjacent to an activating group) is 1. The minimum atomic E-state index is -0.599. The van der Waals surface area contributed by atoms with Crippen LogP contribution in [-0.2, 0) is 4.79 Å². The van der Waals surface area contributed by atoms with Crippen molar-refractivity contribution in [2.24, 2.45) is 0 Å². The Morgan fingerprint density at radius 1 is 1.29 bits per heavy atom. The summed E-state index contributed by atoms with van der Waals surface area (Å²) < 4.78 is 7.25. The van der Waals surface area contributed by atoms with Crippen LogP contribution in [0.3, 0.4) is 0 Å². The van der Waals surface area contributed by atoms with E-state index < -0.39 is 11.5 Å². The van der Waals surface area contributed by atoms with E-state index in [4.69, 9.17) is 4.74 Å². The van der Waals surface area contributed by atoms with Crippen LogP contribution in [0.5, 0.6) is 11.6 Å². The number of ether oxygens (including phenoxy) is 1. The highest BCUT2D eigenvalue weighted by atomic mass is 16.5. The van der Waals surface area contributed by atoms with Crippen LogP contribution in [0.25, 0.3) is 11.7 Å². The van der Waals surface area contributed by atoms with Crippen LogP contribution in [0.2, 0.25) is 0 Å². The molecule has 1 N–H and O–H groups in total. The van der Waals surface area contributed by atoms with Gasteiger partial charge < -0.3 is 10.1 Å². The third-order valence-corrected chi connectivity index (χ3v) is 4.13. The molecule has 0 radical (unpaired) electrons. The minimum Gasteiger partial charge on any atom is -0.438 e. The van der Waals surface area contributed by atoms with Gasteiger partial charge in [0, 0.05) is 13.2 Å². The van der Waals surface area contributed by atoms with Crippen LogP contribution in [-0.4, -0.2) is 22.3 Å². The van der Waals surface area contributed by atoms with Gasteiger partial charge >= 0.3 is 0 Å². The summed E-state index contributed by atoms with van der Waals surface area (Å²) in [5, 5.41) is 11.7. The molecule has 7 heteroatoms. The van der Waals surface area contributed by atoms with Gasteiger partial charge in [0.05, 0.1) is 0 Å². The molecular formula is C21H18N4O3. The Bertz CT molecular complexity index is 1200. The number of nitriles is 1. The molecule has 140 valence electrons. The van der Waals surface area contributed by atoms with Gasteiger partial charge in [-0.25, -0.2) is 0 Å². The molecule has 0 aliphatic carbocycles. The summed E-state index contributed by atoms with van der Waals surface area (Å²) >= 11 is 0.